The van der Waals surface area contributed by atoms with Crippen LogP contribution in [0.15, 0.2) is 140 Å². The molecule has 0 spiro atoms. The summed E-state index contributed by atoms with van der Waals surface area (Å²) in [6, 6.07) is 34.6. The minimum atomic E-state index is -0.650. The first-order valence-electron chi connectivity index (χ1n) is 14.2. The fourth-order valence-corrected chi connectivity index (χ4v) is 6.64. The van der Waals surface area contributed by atoms with E-state index in [1.165, 1.54) is 0 Å². The number of aromatic nitrogens is 3. The summed E-state index contributed by atoms with van der Waals surface area (Å²) in [7, 11) is 0. The summed E-state index contributed by atoms with van der Waals surface area (Å²) in [4.78, 5) is 25.5. The monoisotopic (exact) mass is 621 g/mol. The maximum Gasteiger partial charge on any atom is 0.277 e. The number of oxime groups is 1. The number of hydrogen-bond acceptors (Lipinski definition) is 6. The second-order valence-corrected chi connectivity index (χ2v) is 11.2. The third-order valence-corrected chi connectivity index (χ3v) is 8.82. The third kappa shape index (κ3) is 6.61. The van der Waals surface area contributed by atoms with Crippen LogP contribution >= 0.6 is 23.4 Å². The van der Waals surface area contributed by atoms with Gasteiger partial charge in [0, 0.05) is 18.5 Å². The molecule has 0 unspecified atom stereocenters. The van der Waals surface area contributed by atoms with E-state index >= 15 is 0 Å². The van der Waals surface area contributed by atoms with E-state index in [-0.39, 0.29) is 29.1 Å². The fourth-order valence-electron chi connectivity index (χ4n) is 4.97. The number of thioether (sulfide) groups is 1. The molecule has 0 radical (unpaired) electrons. The predicted molar refractivity (Wildman–Crippen MR) is 180 cm³/mol. The quantitative estimate of drug-likeness (QED) is 0.0446. The van der Waals surface area contributed by atoms with Crippen molar-refractivity contribution in [2.24, 2.45) is 5.16 Å². The number of nitrogens with zero attached hydrogens (tertiary/aromatic N) is 5. The van der Waals surface area contributed by atoms with E-state index in [4.69, 9.17) is 16.4 Å². The van der Waals surface area contributed by atoms with Gasteiger partial charge in [-0.3, -0.25) is 9.78 Å². The molecule has 0 aliphatic heterocycles. The van der Waals surface area contributed by atoms with Crippen molar-refractivity contribution in [2.75, 3.05) is 23.8 Å². The number of pyridine rings is 1. The van der Waals surface area contributed by atoms with E-state index in [0.717, 1.165) is 22.4 Å². The van der Waals surface area contributed by atoms with Gasteiger partial charge in [-0.2, -0.15) is 5.10 Å². The van der Waals surface area contributed by atoms with E-state index in [9.17, 15) is 4.79 Å². The van der Waals surface area contributed by atoms with Crippen LogP contribution in [0.25, 0.3) is 5.69 Å². The van der Waals surface area contributed by atoms with E-state index < -0.39 is 4.75 Å². The molecule has 0 bridgehead atoms. The molecule has 222 valence electrons. The Morgan fingerprint density at radius 3 is 2.07 bits per heavy atom. The number of hydrogen-bond donors (Lipinski definition) is 0. The maximum atomic E-state index is 14.3. The van der Waals surface area contributed by atoms with Crippen LogP contribution in [-0.2, 0) is 14.4 Å². The average Bonchev–Trinajstić information content (AvgIpc) is 3.47. The Morgan fingerprint density at radius 1 is 0.977 bits per heavy atom. The smallest absolute Gasteiger partial charge is 0.277 e. The van der Waals surface area contributed by atoms with E-state index in [0.29, 0.717) is 12.2 Å². The first-order valence-corrected chi connectivity index (χ1v) is 15.5. The zero-order valence-electron chi connectivity index (χ0n) is 24.3. The largest absolute Gasteiger partial charge is 0.391 e. The Labute approximate surface area is 266 Å². The number of benzene rings is 3. The van der Waals surface area contributed by atoms with Gasteiger partial charge in [-0.05, 0) is 35.7 Å². The molecular weight excluding hydrogens is 590 g/mol. The standard InChI is InChI=1S/C35H32ClN5O2S/c1-3-23-43-39-31(34(42)40(4-2)32-25-41(38-33(32)36)30-21-14-22-37-24-30)26-44-35(27-15-8-5-9-16-27,28-17-10-6-11-18-28)29-19-12-7-13-20-29/h3,5-22,24-25H,1,4,23,26H2,2H3/b39-31-. The molecule has 0 aliphatic carbocycles. The van der Waals surface area contributed by atoms with Gasteiger partial charge in [0.1, 0.15) is 12.3 Å². The number of halogens is 1. The van der Waals surface area contributed by atoms with Gasteiger partial charge in [0.05, 0.1) is 22.8 Å². The first-order chi connectivity index (χ1) is 21.6. The van der Waals surface area contributed by atoms with Gasteiger partial charge >= 0.3 is 0 Å². The second kappa shape index (κ2) is 14.7. The van der Waals surface area contributed by atoms with Crippen molar-refractivity contribution < 1.29 is 9.63 Å². The van der Waals surface area contributed by atoms with Crippen molar-refractivity contribution in [1.29, 1.82) is 0 Å². The molecule has 7 nitrogen and oxygen atoms in total. The zero-order valence-corrected chi connectivity index (χ0v) is 25.9. The van der Waals surface area contributed by atoms with Gasteiger partial charge in [0.15, 0.2) is 10.9 Å². The fraction of sp³-hybridized carbons (Fsp3) is 0.143. The highest BCUT2D eigenvalue weighted by molar-refractivity contribution is 8.01. The number of carbonyl (C=O) groups excluding carboxylic acids is 1. The Bertz CT molecular complexity index is 1600. The highest BCUT2D eigenvalue weighted by atomic mass is 35.5. The summed E-state index contributed by atoms with van der Waals surface area (Å²) in [5.74, 6) is -0.0979. The van der Waals surface area contributed by atoms with Crippen LogP contribution in [0.3, 0.4) is 0 Å². The average molecular weight is 622 g/mol. The minimum absolute atomic E-state index is 0.161. The number of carbonyl (C=O) groups is 1. The van der Waals surface area contributed by atoms with Crippen molar-refractivity contribution in [2.45, 2.75) is 11.7 Å². The normalized spacial score (nSPS) is 11.6. The van der Waals surface area contributed by atoms with Crippen molar-refractivity contribution >= 4 is 40.7 Å². The lowest BCUT2D eigenvalue weighted by Gasteiger charge is -2.35. The van der Waals surface area contributed by atoms with E-state index in [1.54, 1.807) is 46.0 Å². The third-order valence-electron chi connectivity index (χ3n) is 6.99. The summed E-state index contributed by atoms with van der Waals surface area (Å²) in [5.41, 5.74) is 4.65. The SMILES string of the molecule is C=CCO/N=C(/CSC(c1ccccc1)(c1ccccc1)c1ccccc1)C(=O)N(CC)c1cn(-c2cccnc2)nc1Cl. The van der Waals surface area contributed by atoms with Crippen LogP contribution in [0.1, 0.15) is 23.6 Å². The van der Waals surface area contributed by atoms with Crippen molar-refractivity contribution in [3.05, 3.63) is 156 Å². The summed E-state index contributed by atoms with van der Waals surface area (Å²) in [6.45, 7) is 6.10. The Hall–Kier alpha value is -4.66. The van der Waals surface area contributed by atoms with Gasteiger partial charge in [-0.25, -0.2) is 4.68 Å². The molecule has 0 aliphatic rings. The molecule has 3 aromatic carbocycles. The van der Waals surface area contributed by atoms with Crippen LogP contribution in [0.5, 0.6) is 0 Å². The molecule has 5 aromatic rings. The molecule has 0 fully saturated rings. The molecule has 2 heterocycles. The van der Waals surface area contributed by atoms with E-state index in [1.807, 2.05) is 73.7 Å². The van der Waals surface area contributed by atoms with Crippen molar-refractivity contribution in [1.82, 2.24) is 14.8 Å². The van der Waals surface area contributed by atoms with Gasteiger partial charge in [0.25, 0.3) is 5.91 Å². The number of rotatable bonds is 13. The van der Waals surface area contributed by atoms with Gasteiger partial charge < -0.3 is 9.74 Å². The molecule has 9 heteroatoms. The molecule has 5 rings (SSSR count). The summed E-state index contributed by atoms with van der Waals surface area (Å²) < 4.78 is 0.953. The van der Waals surface area contributed by atoms with E-state index in [2.05, 4.69) is 58.2 Å². The molecule has 0 saturated carbocycles. The molecule has 2 aromatic heterocycles. The van der Waals surface area contributed by atoms with Crippen molar-refractivity contribution in [3.63, 3.8) is 0 Å². The first kappa shape index (κ1) is 30.8. The molecule has 0 saturated heterocycles. The maximum absolute atomic E-state index is 14.3. The molecule has 44 heavy (non-hydrogen) atoms. The lowest BCUT2D eigenvalue weighted by molar-refractivity contribution is -0.112. The van der Waals surface area contributed by atoms with Crippen molar-refractivity contribution in [3.8, 4) is 5.69 Å². The Morgan fingerprint density at radius 2 is 1.57 bits per heavy atom. The van der Waals surface area contributed by atoms with Gasteiger partial charge in [-0.1, -0.05) is 120 Å². The number of amides is 1. The summed E-state index contributed by atoms with van der Waals surface area (Å²) in [5, 5.41) is 8.96. The molecular formula is C35H32ClN5O2S. The lowest BCUT2D eigenvalue weighted by Crippen LogP contribution is -2.39. The van der Waals surface area contributed by atoms with Crippen LogP contribution < -0.4 is 4.90 Å². The molecule has 0 N–H and O–H groups in total. The molecule has 1 amide bonds. The summed E-state index contributed by atoms with van der Waals surface area (Å²) >= 11 is 8.20. The van der Waals surface area contributed by atoms with Crippen LogP contribution in [-0.4, -0.2) is 45.3 Å². The van der Waals surface area contributed by atoms with Gasteiger partial charge in [0.2, 0.25) is 0 Å². The second-order valence-electron chi connectivity index (χ2n) is 9.70. The van der Waals surface area contributed by atoms with Crippen LogP contribution in [0.2, 0.25) is 5.15 Å². The van der Waals surface area contributed by atoms with Gasteiger partial charge in [-0.15, -0.1) is 11.8 Å². The minimum Gasteiger partial charge on any atom is -0.391 e. The number of anilines is 1. The lowest BCUT2D eigenvalue weighted by atomic mass is 9.84. The topological polar surface area (TPSA) is 72.6 Å². The van der Waals surface area contributed by atoms with Crippen LogP contribution in [0, 0.1) is 0 Å². The zero-order chi connectivity index (χ0) is 30.8. The highest BCUT2D eigenvalue weighted by Crippen LogP contribution is 2.48. The molecule has 0 atom stereocenters. The predicted octanol–water partition coefficient (Wildman–Crippen LogP) is 7.56. The van der Waals surface area contributed by atoms with Crippen LogP contribution in [0.4, 0.5) is 5.69 Å². The summed E-state index contributed by atoms with van der Waals surface area (Å²) in [6.07, 6.45) is 6.67. The Kier molecular flexibility index (Phi) is 10.3. The highest BCUT2D eigenvalue weighted by Gasteiger charge is 2.38. The Balaban J connectivity index is 1.55.